The van der Waals surface area contributed by atoms with Crippen molar-refractivity contribution in [2.75, 3.05) is 5.32 Å². The van der Waals surface area contributed by atoms with Crippen molar-refractivity contribution in [2.24, 2.45) is 0 Å². The van der Waals surface area contributed by atoms with Crippen LogP contribution in [0.4, 0.5) is 5.69 Å². The van der Waals surface area contributed by atoms with E-state index in [-0.39, 0.29) is 12.4 Å². The maximum atomic E-state index is 9.86. The molecule has 0 aliphatic carbocycles. The van der Waals surface area contributed by atoms with Crippen LogP contribution in [0.3, 0.4) is 0 Å². The van der Waals surface area contributed by atoms with Gasteiger partial charge in [-0.25, -0.2) is 0 Å². The molecule has 0 saturated carbocycles. The second kappa shape index (κ2) is 6.04. The van der Waals surface area contributed by atoms with Gasteiger partial charge in [-0.2, -0.15) is 5.26 Å². The minimum absolute atomic E-state index is 0.0339. The molecule has 0 saturated heterocycles. The summed E-state index contributed by atoms with van der Waals surface area (Å²) in [5.74, 6) is 0.0339. The van der Waals surface area contributed by atoms with Gasteiger partial charge in [-0.1, -0.05) is 0 Å². The van der Waals surface area contributed by atoms with Gasteiger partial charge in [-0.05, 0) is 36.8 Å². The van der Waals surface area contributed by atoms with E-state index in [1.807, 2.05) is 0 Å². The molecule has 1 aromatic carbocycles. The molecule has 102 valence electrons. The Balaban J connectivity index is 2.14. The van der Waals surface area contributed by atoms with Gasteiger partial charge in [0.15, 0.2) is 0 Å². The highest BCUT2D eigenvalue weighted by molar-refractivity contribution is 5.49. The third-order valence-corrected chi connectivity index (χ3v) is 3.09. The summed E-state index contributed by atoms with van der Waals surface area (Å²) in [6.07, 6.45) is 1.64. The molecule has 5 heteroatoms. The second-order valence-electron chi connectivity index (χ2n) is 4.40. The van der Waals surface area contributed by atoms with Crippen LogP contribution in [-0.4, -0.2) is 15.2 Å². The van der Waals surface area contributed by atoms with E-state index in [0.717, 1.165) is 11.3 Å². The van der Waals surface area contributed by atoms with Gasteiger partial charge < -0.3 is 15.5 Å². The Bertz CT molecular complexity index is 645. The fourth-order valence-electron chi connectivity index (χ4n) is 1.87. The summed E-state index contributed by atoms with van der Waals surface area (Å²) in [6.45, 7) is 1.88. The molecule has 3 N–H and O–H groups in total. The van der Waals surface area contributed by atoms with Gasteiger partial charge >= 0.3 is 0 Å². The topological polar surface area (TPSA) is 89.2 Å². The average molecular weight is 269 g/mol. The number of nitriles is 1. The maximum absolute atomic E-state index is 9.86. The number of rotatable bonds is 4. The molecule has 2 aromatic rings. The van der Waals surface area contributed by atoms with E-state index in [2.05, 4.69) is 16.4 Å². The van der Waals surface area contributed by atoms with E-state index >= 15 is 0 Å². The minimum atomic E-state index is -0.237. The SMILES string of the molecule is Cc1ncc(CNc2ccc(C#N)cc2)c(CO)c1O. The summed E-state index contributed by atoms with van der Waals surface area (Å²) < 4.78 is 0. The molecule has 5 nitrogen and oxygen atoms in total. The van der Waals surface area contributed by atoms with Crippen LogP contribution in [0.15, 0.2) is 30.5 Å². The maximum Gasteiger partial charge on any atom is 0.142 e. The third kappa shape index (κ3) is 2.87. The molecule has 0 bridgehead atoms. The molecule has 2 rings (SSSR count). The first kappa shape index (κ1) is 13.8. The van der Waals surface area contributed by atoms with Crippen LogP contribution in [-0.2, 0) is 13.2 Å². The Hall–Kier alpha value is -2.58. The van der Waals surface area contributed by atoms with E-state index in [4.69, 9.17) is 5.26 Å². The molecule has 0 fully saturated rings. The number of pyridine rings is 1. The van der Waals surface area contributed by atoms with Gasteiger partial charge in [-0.3, -0.25) is 4.98 Å². The van der Waals surface area contributed by atoms with Crippen LogP contribution in [0.1, 0.15) is 22.4 Å². The number of aromatic hydroxyl groups is 1. The predicted octanol–water partition coefficient (Wildman–Crippen LogP) is 2.07. The lowest BCUT2D eigenvalue weighted by Crippen LogP contribution is -2.05. The van der Waals surface area contributed by atoms with E-state index in [9.17, 15) is 10.2 Å². The molecule has 0 amide bonds. The highest BCUT2D eigenvalue weighted by atomic mass is 16.3. The number of hydrogen-bond acceptors (Lipinski definition) is 5. The number of anilines is 1. The smallest absolute Gasteiger partial charge is 0.142 e. The average Bonchev–Trinajstić information content (AvgIpc) is 2.49. The second-order valence-corrected chi connectivity index (χ2v) is 4.40. The zero-order chi connectivity index (χ0) is 14.5. The molecular weight excluding hydrogens is 254 g/mol. The molecule has 0 aliphatic rings. The number of aromatic nitrogens is 1. The molecule has 0 atom stereocenters. The van der Waals surface area contributed by atoms with Crippen molar-refractivity contribution >= 4 is 5.69 Å². The first-order valence-electron chi connectivity index (χ1n) is 6.17. The Kier molecular flexibility index (Phi) is 4.18. The number of aryl methyl sites for hydroxylation is 1. The number of benzene rings is 1. The largest absolute Gasteiger partial charge is 0.506 e. The molecule has 0 unspecified atom stereocenters. The zero-order valence-corrected chi connectivity index (χ0v) is 11.1. The molecule has 0 aliphatic heterocycles. The van der Waals surface area contributed by atoms with E-state index in [0.29, 0.717) is 23.4 Å². The predicted molar refractivity (Wildman–Crippen MR) is 75.0 cm³/mol. The van der Waals surface area contributed by atoms with Crippen molar-refractivity contribution in [2.45, 2.75) is 20.1 Å². The van der Waals surface area contributed by atoms with E-state index in [1.54, 1.807) is 37.4 Å². The van der Waals surface area contributed by atoms with Crippen LogP contribution in [0.5, 0.6) is 5.75 Å². The molecule has 0 radical (unpaired) electrons. The van der Waals surface area contributed by atoms with Gasteiger partial charge in [0.1, 0.15) is 5.75 Å². The van der Waals surface area contributed by atoms with Crippen LogP contribution in [0, 0.1) is 18.3 Å². The number of aliphatic hydroxyl groups is 1. The van der Waals surface area contributed by atoms with Crippen molar-refractivity contribution in [3.8, 4) is 11.8 Å². The fraction of sp³-hybridized carbons (Fsp3) is 0.200. The van der Waals surface area contributed by atoms with Crippen molar-refractivity contribution in [1.29, 1.82) is 5.26 Å². The lowest BCUT2D eigenvalue weighted by molar-refractivity contribution is 0.273. The van der Waals surface area contributed by atoms with Gasteiger partial charge in [0.05, 0.1) is 23.9 Å². The molecular formula is C15H15N3O2. The Morgan fingerprint density at radius 3 is 2.60 bits per heavy atom. The quantitative estimate of drug-likeness (QED) is 0.790. The molecule has 1 heterocycles. The molecule has 0 spiro atoms. The van der Waals surface area contributed by atoms with Gasteiger partial charge in [-0.15, -0.1) is 0 Å². The van der Waals surface area contributed by atoms with Gasteiger partial charge in [0.2, 0.25) is 0 Å². The monoisotopic (exact) mass is 269 g/mol. The zero-order valence-electron chi connectivity index (χ0n) is 11.1. The van der Waals surface area contributed by atoms with Crippen LogP contribution in [0.2, 0.25) is 0 Å². The van der Waals surface area contributed by atoms with E-state index in [1.165, 1.54) is 0 Å². The van der Waals surface area contributed by atoms with Crippen molar-refractivity contribution in [3.05, 3.63) is 52.8 Å². The third-order valence-electron chi connectivity index (χ3n) is 3.09. The summed E-state index contributed by atoms with van der Waals surface area (Å²) in [7, 11) is 0. The highest BCUT2D eigenvalue weighted by Gasteiger charge is 2.10. The normalized spacial score (nSPS) is 10.1. The van der Waals surface area contributed by atoms with Crippen LogP contribution in [0.25, 0.3) is 0 Å². The van der Waals surface area contributed by atoms with Crippen molar-refractivity contribution in [3.63, 3.8) is 0 Å². The number of nitrogens with one attached hydrogen (secondary N) is 1. The fourth-order valence-corrected chi connectivity index (χ4v) is 1.87. The summed E-state index contributed by atoms with van der Waals surface area (Å²) >= 11 is 0. The highest BCUT2D eigenvalue weighted by Crippen LogP contribution is 2.24. The summed E-state index contributed by atoms with van der Waals surface area (Å²) in [5.41, 5.74) is 3.17. The number of aliphatic hydroxyl groups excluding tert-OH is 1. The Morgan fingerprint density at radius 1 is 1.30 bits per heavy atom. The van der Waals surface area contributed by atoms with Crippen LogP contribution < -0.4 is 5.32 Å². The summed E-state index contributed by atoms with van der Waals surface area (Å²) in [4.78, 5) is 4.08. The standard InChI is InChI=1S/C15H15N3O2/c1-10-15(20)14(9-19)12(7-17-10)8-18-13-4-2-11(6-16)3-5-13/h2-5,7,18-20H,8-9H2,1H3. The number of nitrogens with zero attached hydrogens (tertiary/aromatic N) is 2. The minimum Gasteiger partial charge on any atom is -0.506 e. The molecule has 20 heavy (non-hydrogen) atoms. The Morgan fingerprint density at radius 2 is 2.00 bits per heavy atom. The first-order valence-corrected chi connectivity index (χ1v) is 6.17. The first-order chi connectivity index (χ1) is 9.65. The lowest BCUT2D eigenvalue weighted by atomic mass is 10.1. The summed E-state index contributed by atoms with van der Waals surface area (Å²) in [5, 5.41) is 31.1. The molecule has 1 aromatic heterocycles. The lowest BCUT2D eigenvalue weighted by Gasteiger charge is -2.12. The van der Waals surface area contributed by atoms with Gasteiger partial charge in [0.25, 0.3) is 0 Å². The number of hydrogen-bond donors (Lipinski definition) is 3. The summed E-state index contributed by atoms with van der Waals surface area (Å²) in [6, 6.07) is 9.11. The van der Waals surface area contributed by atoms with Crippen molar-refractivity contribution < 1.29 is 10.2 Å². The Labute approximate surface area is 117 Å². The van der Waals surface area contributed by atoms with Crippen molar-refractivity contribution in [1.82, 2.24) is 4.98 Å². The van der Waals surface area contributed by atoms with E-state index < -0.39 is 0 Å². The van der Waals surface area contributed by atoms with Crippen LogP contribution >= 0.6 is 0 Å². The van der Waals surface area contributed by atoms with Gasteiger partial charge in [0, 0.05) is 24.0 Å².